The maximum atomic E-state index is 15.3. The van der Waals surface area contributed by atoms with E-state index in [0.29, 0.717) is 57.8 Å². The van der Waals surface area contributed by atoms with Gasteiger partial charge < -0.3 is 19.7 Å². The van der Waals surface area contributed by atoms with Crippen molar-refractivity contribution in [2.45, 2.75) is 6.92 Å². The standard InChI is InChI=1S/C25H20ClFN6O2/c1-13-11-28-23-21(25(34)32-24(23)31-13)16-9-17(19(27)10-18(16)26)22-15-3-2-14(8-20(15)29-12-30-22)33-4-6-35-7-5-33/h2-3,8-12,34H,4-7H2,1H3,(H,31,32). The number of nitrogens with zero attached hydrogens (tertiary/aromatic N) is 5. The number of hydrogen-bond acceptors (Lipinski definition) is 7. The van der Waals surface area contributed by atoms with E-state index in [1.165, 1.54) is 12.4 Å². The first-order valence-electron chi connectivity index (χ1n) is 11.1. The van der Waals surface area contributed by atoms with Crippen LogP contribution in [0.1, 0.15) is 5.69 Å². The van der Waals surface area contributed by atoms with Gasteiger partial charge >= 0.3 is 0 Å². The maximum absolute atomic E-state index is 15.3. The van der Waals surface area contributed by atoms with Gasteiger partial charge in [0.05, 0.1) is 40.7 Å². The number of nitrogens with one attached hydrogen (secondary N) is 1. The molecule has 0 saturated carbocycles. The molecule has 4 heterocycles. The molecule has 0 spiro atoms. The Balaban J connectivity index is 1.50. The summed E-state index contributed by atoms with van der Waals surface area (Å²) in [6.07, 6.45) is 3.02. The van der Waals surface area contributed by atoms with Crippen molar-refractivity contribution in [2.75, 3.05) is 31.2 Å². The van der Waals surface area contributed by atoms with Crippen LogP contribution in [0.15, 0.2) is 42.9 Å². The number of fused-ring (bicyclic) bond motifs is 2. The first-order valence-corrected chi connectivity index (χ1v) is 11.5. The van der Waals surface area contributed by atoms with Crippen LogP contribution in [0.4, 0.5) is 10.1 Å². The summed E-state index contributed by atoms with van der Waals surface area (Å²) in [5.41, 5.74) is 4.72. The normalized spacial score (nSPS) is 14.2. The highest BCUT2D eigenvalue weighted by molar-refractivity contribution is 6.34. The fourth-order valence-corrected chi connectivity index (χ4v) is 4.73. The Hall–Kier alpha value is -3.82. The smallest absolute Gasteiger partial charge is 0.200 e. The van der Waals surface area contributed by atoms with Crippen molar-refractivity contribution in [2.24, 2.45) is 0 Å². The lowest BCUT2D eigenvalue weighted by Gasteiger charge is -2.29. The Morgan fingerprint density at radius 3 is 2.74 bits per heavy atom. The van der Waals surface area contributed by atoms with E-state index in [0.717, 1.165) is 18.8 Å². The average molecular weight is 491 g/mol. The molecule has 10 heteroatoms. The highest BCUT2D eigenvalue weighted by Gasteiger charge is 2.22. The molecule has 8 nitrogen and oxygen atoms in total. The summed E-state index contributed by atoms with van der Waals surface area (Å²) < 4.78 is 20.7. The summed E-state index contributed by atoms with van der Waals surface area (Å²) in [6.45, 7) is 4.76. The van der Waals surface area contributed by atoms with E-state index >= 15 is 4.39 Å². The van der Waals surface area contributed by atoms with E-state index < -0.39 is 5.82 Å². The number of anilines is 1. The molecule has 0 atom stereocenters. The Labute approximate surface area is 204 Å². The third kappa shape index (κ3) is 3.73. The first-order chi connectivity index (χ1) is 17.0. The molecule has 2 aromatic carbocycles. The van der Waals surface area contributed by atoms with Gasteiger partial charge in [0.15, 0.2) is 11.5 Å². The molecular weight excluding hydrogens is 471 g/mol. The largest absolute Gasteiger partial charge is 0.494 e. The number of H-pyrrole nitrogens is 1. The van der Waals surface area contributed by atoms with Crippen LogP contribution in [0.5, 0.6) is 5.88 Å². The third-order valence-electron chi connectivity index (χ3n) is 6.18. The predicted molar refractivity (Wildman–Crippen MR) is 132 cm³/mol. The van der Waals surface area contributed by atoms with Crippen molar-refractivity contribution in [1.82, 2.24) is 24.9 Å². The number of aryl methyl sites for hydroxylation is 1. The number of halogens is 2. The number of morpholine rings is 1. The minimum Gasteiger partial charge on any atom is -0.494 e. The average Bonchev–Trinajstić information content (AvgIpc) is 3.18. The fourth-order valence-electron chi connectivity index (χ4n) is 4.49. The number of hydrogen-bond donors (Lipinski definition) is 2. The summed E-state index contributed by atoms with van der Waals surface area (Å²) >= 11 is 6.45. The summed E-state index contributed by atoms with van der Waals surface area (Å²) in [7, 11) is 0. The molecule has 0 bridgehead atoms. The number of aromatic hydroxyl groups is 1. The van der Waals surface area contributed by atoms with Crippen LogP contribution in [0.25, 0.3) is 44.5 Å². The Morgan fingerprint density at radius 1 is 1.09 bits per heavy atom. The molecular formula is C25H20ClFN6O2. The maximum Gasteiger partial charge on any atom is 0.200 e. The van der Waals surface area contributed by atoms with Gasteiger partial charge in [0.1, 0.15) is 17.7 Å². The molecule has 1 aliphatic heterocycles. The molecule has 0 amide bonds. The van der Waals surface area contributed by atoms with E-state index in [4.69, 9.17) is 16.3 Å². The number of aromatic amines is 1. The fraction of sp³-hybridized carbons (Fsp3) is 0.200. The summed E-state index contributed by atoms with van der Waals surface area (Å²) in [6, 6.07) is 8.67. The van der Waals surface area contributed by atoms with Crippen LogP contribution in [-0.2, 0) is 4.74 Å². The molecule has 176 valence electrons. The van der Waals surface area contributed by atoms with Crippen molar-refractivity contribution >= 4 is 39.4 Å². The molecule has 0 aliphatic carbocycles. The second-order valence-corrected chi connectivity index (χ2v) is 8.80. The number of rotatable bonds is 3. The molecule has 1 saturated heterocycles. The monoisotopic (exact) mass is 490 g/mol. The minimum atomic E-state index is -0.530. The Kier molecular flexibility index (Phi) is 5.23. The van der Waals surface area contributed by atoms with E-state index in [1.807, 2.05) is 18.2 Å². The van der Waals surface area contributed by atoms with Crippen LogP contribution < -0.4 is 4.90 Å². The van der Waals surface area contributed by atoms with Gasteiger partial charge in [0.25, 0.3) is 0 Å². The van der Waals surface area contributed by atoms with Gasteiger partial charge in [-0.25, -0.2) is 19.3 Å². The van der Waals surface area contributed by atoms with Crippen molar-refractivity contribution in [3.63, 3.8) is 0 Å². The van der Waals surface area contributed by atoms with Gasteiger partial charge in [-0.3, -0.25) is 4.98 Å². The molecule has 5 aromatic rings. The van der Waals surface area contributed by atoms with Crippen molar-refractivity contribution < 1.29 is 14.2 Å². The topological polar surface area (TPSA) is 100 Å². The molecule has 35 heavy (non-hydrogen) atoms. The van der Waals surface area contributed by atoms with E-state index in [1.54, 1.807) is 19.2 Å². The Bertz CT molecular complexity index is 1600. The highest BCUT2D eigenvalue weighted by atomic mass is 35.5. The molecule has 1 aliphatic rings. The molecule has 1 fully saturated rings. The van der Waals surface area contributed by atoms with Crippen LogP contribution in [0.3, 0.4) is 0 Å². The summed E-state index contributed by atoms with van der Waals surface area (Å²) in [5.74, 6) is -0.676. The molecule has 3 aromatic heterocycles. The van der Waals surface area contributed by atoms with Gasteiger partial charge in [-0.05, 0) is 37.3 Å². The minimum absolute atomic E-state index is 0.137. The number of aromatic nitrogens is 5. The first kappa shape index (κ1) is 21.7. The highest BCUT2D eigenvalue weighted by Crippen LogP contribution is 2.42. The zero-order valence-electron chi connectivity index (χ0n) is 18.7. The lowest BCUT2D eigenvalue weighted by molar-refractivity contribution is 0.122. The molecule has 0 radical (unpaired) electrons. The third-order valence-corrected chi connectivity index (χ3v) is 6.49. The van der Waals surface area contributed by atoms with Crippen molar-refractivity contribution in [1.29, 1.82) is 0 Å². The summed E-state index contributed by atoms with van der Waals surface area (Å²) in [4.78, 5) is 22.7. The van der Waals surface area contributed by atoms with Gasteiger partial charge in [0, 0.05) is 41.5 Å². The van der Waals surface area contributed by atoms with Crippen LogP contribution >= 0.6 is 11.6 Å². The van der Waals surface area contributed by atoms with Gasteiger partial charge in [-0.1, -0.05) is 11.6 Å². The lowest BCUT2D eigenvalue weighted by Crippen LogP contribution is -2.36. The lowest BCUT2D eigenvalue weighted by atomic mass is 9.99. The van der Waals surface area contributed by atoms with Crippen LogP contribution in [0.2, 0.25) is 5.02 Å². The molecule has 0 unspecified atom stereocenters. The number of benzene rings is 2. The van der Waals surface area contributed by atoms with E-state index in [-0.39, 0.29) is 16.5 Å². The van der Waals surface area contributed by atoms with Crippen LogP contribution in [0, 0.1) is 12.7 Å². The van der Waals surface area contributed by atoms with Gasteiger partial charge in [-0.15, -0.1) is 0 Å². The van der Waals surface area contributed by atoms with Gasteiger partial charge in [-0.2, -0.15) is 0 Å². The van der Waals surface area contributed by atoms with E-state index in [9.17, 15) is 5.11 Å². The predicted octanol–water partition coefficient (Wildman–Crippen LogP) is 4.88. The second kappa shape index (κ2) is 8.44. The van der Waals surface area contributed by atoms with Crippen molar-refractivity contribution in [3.05, 3.63) is 59.4 Å². The quantitative estimate of drug-likeness (QED) is 0.372. The van der Waals surface area contributed by atoms with Crippen molar-refractivity contribution in [3.8, 4) is 28.3 Å². The molecule has 2 N–H and O–H groups in total. The SMILES string of the molecule is Cc1cnc2c(-c3cc(-c4ncnc5cc(N6CCOCC6)ccc45)c(F)cc3Cl)c(O)[nH]c2n1. The zero-order valence-corrected chi connectivity index (χ0v) is 19.5. The van der Waals surface area contributed by atoms with E-state index in [2.05, 4.69) is 29.8 Å². The number of ether oxygens (including phenoxy) is 1. The second-order valence-electron chi connectivity index (χ2n) is 8.39. The Morgan fingerprint density at radius 2 is 1.91 bits per heavy atom. The van der Waals surface area contributed by atoms with Crippen LogP contribution in [-0.4, -0.2) is 56.3 Å². The van der Waals surface area contributed by atoms with Gasteiger partial charge in [0.2, 0.25) is 0 Å². The zero-order chi connectivity index (χ0) is 24.1. The molecule has 6 rings (SSSR count). The summed E-state index contributed by atoms with van der Waals surface area (Å²) in [5, 5.41) is 11.5.